The Kier molecular flexibility index (Phi) is 1.58. The minimum atomic E-state index is 0.990. The third kappa shape index (κ3) is 1.04. The smallest absolute Gasteiger partial charge is 0.0476 e. The Morgan fingerprint density at radius 3 is 2.57 bits per heavy atom. The van der Waals surface area contributed by atoms with Crippen LogP contribution in [0.15, 0.2) is 47.4 Å². The zero-order valence-corrected chi connectivity index (χ0v) is 8.38. The van der Waals surface area contributed by atoms with Gasteiger partial charge in [0.25, 0.3) is 0 Å². The van der Waals surface area contributed by atoms with Crippen LogP contribution in [0.4, 0.5) is 0 Å². The molecule has 0 atom stereocenters. The molecule has 0 amide bonds. The second-order valence-electron chi connectivity index (χ2n) is 3.40. The Hall–Kier alpha value is -1.41. The molecule has 0 unspecified atom stereocenters. The molecule has 0 spiro atoms. The molecule has 1 aromatic heterocycles. The molecular formula is C12H9NS. The van der Waals surface area contributed by atoms with Gasteiger partial charge >= 0.3 is 0 Å². The number of thiol groups is 1. The summed E-state index contributed by atoms with van der Waals surface area (Å²) < 4.78 is 0. The molecule has 0 saturated carbocycles. The highest BCUT2D eigenvalue weighted by molar-refractivity contribution is 7.80. The van der Waals surface area contributed by atoms with Gasteiger partial charge in [0.05, 0.1) is 0 Å². The summed E-state index contributed by atoms with van der Waals surface area (Å²) >= 11 is 4.32. The molecule has 0 aliphatic rings. The van der Waals surface area contributed by atoms with Crippen LogP contribution in [-0.4, -0.2) is 4.98 Å². The van der Waals surface area contributed by atoms with E-state index in [9.17, 15) is 0 Å². The molecular weight excluding hydrogens is 190 g/mol. The average molecular weight is 199 g/mol. The fraction of sp³-hybridized carbons (Fsp3) is 0. The largest absolute Gasteiger partial charge is 0.354 e. The molecule has 3 rings (SSSR count). The highest BCUT2D eigenvalue weighted by atomic mass is 32.1. The molecule has 0 saturated heterocycles. The van der Waals surface area contributed by atoms with Crippen LogP contribution in [0.3, 0.4) is 0 Å². The van der Waals surface area contributed by atoms with Gasteiger partial charge in [-0.2, -0.15) is 0 Å². The fourth-order valence-corrected chi connectivity index (χ4v) is 2.05. The molecule has 1 heterocycles. The lowest BCUT2D eigenvalue weighted by Crippen LogP contribution is -1.67. The predicted octanol–water partition coefficient (Wildman–Crippen LogP) is 3.61. The van der Waals surface area contributed by atoms with Gasteiger partial charge in [0.15, 0.2) is 0 Å². The molecule has 14 heavy (non-hydrogen) atoms. The number of rotatable bonds is 0. The minimum absolute atomic E-state index is 0.990. The van der Waals surface area contributed by atoms with E-state index >= 15 is 0 Å². The molecule has 0 fully saturated rings. The van der Waals surface area contributed by atoms with Crippen LogP contribution in [0, 0.1) is 0 Å². The monoisotopic (exact) mass is 199 g/mol. The molecule has 2 heteroatoms. The Bertz CT molecular complexity index is 610. The topological polar surface area (TPSA) is 15.8 Å². The van der Waals surface area contributed by atoms with Gasteiger partial charge in [0, 0.05) is 26.7 Å². The number of fused-ring (bicyclic) bond motifs is 3. The van der Waals surface area contributed by atoms with Gasteiger partial charge in [-0.1, -0.05) is 24.3 Å². The van der Waals surface area contributed by atoms with Gasteiger partial charge in [-0.3, -0.25) is 0 Å². The number of para-hydroxylation sites is 1. The quantitative estimate of drug-likeness (QED) is 0.514. The Morgan fingerprint density at radius 1 is 0.857 bits per heavy atom. The van der Waals surface area contributed by atoms with E-state index in [1.807, 2.05) is 12.1 Å². The van der Waals surface area contributed by atoms with Crippen molar-refractivity contribution in [3.05, 3.63) is 42.5 Å². The Morgan fingerprint density at radius 2 is 1.64 bits per heavy atom. The molecule has 0 aliphatic heterocycles. The van der Waals surface area contributed by atoms with Crippen LogP contribution in [0.1, 0.15) is 0 Å². The van der Waals surface area contributed by atoms with Crippen molar-refractivity contribution >= 4 is 34.4 Å². The minimum Gasteiger partial charge on any atom is -0.354 e. The van der Waals surface area contributed by atoms with Crippen molar-refractivity contribution in [1.29, 1.82) is 0 Å². The van der Waals surface area contributed by atoms with Crippen molar-refractivity contribution in [3.8, 4) is 0 Å². The first-order valence-corrected chi connectivity index (χ1v) is 4.99. The highest BCUT2D eigenvalue weighted by Gasteiger charge is 2.02. The summed E-state index contributed by atoms with van der Waals surface area (Å²) in [6, 6.07) is 14.5. The first-order chi connectivity index (χ1) is 6.84. The molecule has 1 N–H and O–H groups in total. The Balaban J connectivity index is 2.57. The van der Waals surface area contributed by atoms with E-state index in [0.29, 0.717) is 0 Å². The van der Waals surface area contributed by atoms with E-state index in [-0.39, 0.29) is 0 Å². The van der Waals surface area contributed by atoms with Gasteiger partial charge in [-0.05, 0) is 18.2 Å². The average Bonchev–Trinajstić information content (AvgIpc) is 2.54. The third-order valence-corrected chi connectivity index (χ3v) is 2.77. The van der Waals surface area contributed by atoms with Crippen molar-refractivity contribution in [3.63, 3.8) is 0 Å². The number of hydrogen-bond acceptors (Lipinski definition) is 1. The van der Waals surface area contributed by atoms with Gasteiger partial charge in [0.1, 0.15) is 0 Å². The molecule has 0 aliphatic carbocycles. The van der Waals surface area contributed by atoms with Crippen molar-refractivity contribution in [2.45, 2.75) is 4.90 Å². The van der Waals surface area contributed by atoms with E-state index in [0.717, 1.165) is 10.4 Å². The van der Waals surface area contributed by atoms with Crippen molar-refractivity contribution in [1.82, 2.24) is 4.98 Å². The van der Waals surface area contributed by atoms with Crippen LogP contribution < -0.4 is 0 Å². The number of benzene rings is 2. The lowest BCUT2D eigenvalue weighted by atomic mass is 10.2. The SMILES string of the molecule is Sc1ccc2c(c1)[nH]c1ccccc12. The molecule has 1 nitrogen and oxygen atoms in total. The number of nitrogens with one attached hydrogen (secondary N) is 1. The lowest BCUT2D eigenvalue weighted by molar-refractivity contribution is 1.47. The first kappa shape index (κ1) is 7.94. The van der Waals surface area contributed by atoms with Crippen LogP contribution in [0.2, 0.25) is 0 Å². The maximum Gasteiger partial charge on any atom is 0.0476 e. The zero-order valence-electron chi connectivity index (χ0n) is 7.49. The van der Waals surface area contributed by atoms with E-state index in [1.54, 1.807) is 0 Å². The normalized spacial score (nSPS) is 11.2. The van der Waals surface area contributed by atoms with Gasteiger partial charge < -0.3 is 4.98 Å². The number of H-pyrrole nitrogens is 1. The molecule has 2 aromatic carbocycles. The summed E-state index contributed by atoms with van der Waals surface area (Å²) in [6.07, 6.45) is 0. The Labute approximate surface area is 87.2 Å². The van der Waals surface area contributed by atoms with Crippen molar-refractivity contribution < 1.29 is 0 Å². The van der Waals surface area contributed by atoms with Gasteiger partial charge in [0.2, 0.25) is 0 Å². The zero-order chi connectivity index (χ0) is 9.54. The number of hydrogen-bond donors (Lipinski definition) is 2. The molecule has 0 bridgehead atoms. The van der Waals surface area contributed by atoms with E-state index in [4.69, 9.17) is 0 Å². The van der Waals surface area contributed by atoms with Crippen LogP contribution in [-0.2, 0) is 0 Å². The predicted molar refractivity (Wildman–Crippen MR) is 63.1 cm³/mol. The molecule has 0 radical (unpaired) electrons. The van der Waals surface area contributed by atoms with E-state index < -0.39 is 0 Å². The maximum absolute atomic E-state index is 4.32. The summed E-state index contributed by atoms with van der Waals surface area (Å²) in [7, 11) is 0. The fourth-order valence-electron chi connectivity index (χ4n) is 1.84. The summed E-state index contributed by atoms with van der Waals surface area (Å²) in [5.41, 5.74) is 2.33. The number of aromatic nitrogens is 1. The maximum atomic E-state index is 4.32. The van der Waals surface area contributed by atoms with Crippen LogP contribution >= 0.6 is 12.6 Å². The highest BCUT2D eigenvalue weighted by Crippen LogP contribution is 2.26. The summed E-state index contributed by atoms with van der Waals surface area (Å²) in [6.45, 7) is 0. The van der Waals surface area contributed by atoms with E-state index in [1.165, 1.54) is 16.3 Å². The van der Waals surface area contributed by atoms with Gasteiger partial charge in [-0.25, -0.2) is 0 Å². The first-order valence-electron chi connectivity index (χ1n) is 4.54. The summed E-state index contributed by atoms with van der Waals surface area (Å²) in [5, 5.41) is 2.54. The summed E-state index contributed by atoms with van der Waals surface area (Å²) in [4.78, 5) is 4.36. The van der Waals surface area contributed by atoms with Crippen molar-refractivity contribution in [2.24, 2.45) is 0 Å². The summed E-state index contributed by atoms with van der Waals surface area (Å²) in [5.74, 6) is 0. The second kappa shape index (κ2) is 2.79. The second-order valence-corrected chi connectivity index (χ2v) is 3.92. The number of aromatic amines is 1. The van der Waals surface area contributed by atoms with Crippen LogP contribution in [0.5, 0.6) is 0 Å². The molecule has 3 aromatic rings. The van der Waals surface area contributed by atoms with Crippen molar-refractivity contribution in [2.75, 3.05) is 0 Å². The van der Waals surface area contributed by atoms with Gasteiger partial charge in [-0.15, -0.1) is 12.6 Å². The third-order valence-electron chi connectivity index (χ3n) is 2.49. The standard InChI is InChI=1S/C12H9NS/c14-8-5-6-10-9-3-1-2-4-11(9)13-12(10)7-8/h1-7,13-14H. The molecule has 68 valence electrons. The lowest BCUT2D eigenvalue weighted by Gasteiger charge is -1.91. The van der Waals surface area contributed by atoms with E-state index in [2.05, 4.69) is 47.9 Å². The van der Waals surface area contributed by atoms with Crippen LogP contribution in [0.25, 0.3) is 21.8 Å².